The highest BCUT2D eigenvalue weighted by molar-refractivity contribution is 5.16. The fourth-order valence-electron chi connectivity index (χ4n) is 0.710. The molecule has 10 heavy (non-hydrogen) atoms. The van der Waals surface area contributed by atoms with Crippen molar-refractivity contribution in [1.82, 2.24) is 4.90 Å². The van der Waals surface area contributed by atoms with Crippen molar-refractivity contribution in [3.63, 3.8) is 0 Å². The first-order valence-electron chi connectivity index (χ1n) is 3.85. The molecular formula is C9H17N. The van der Waals surface area contributed by atoms with Gasteiger partial charge in [0.2, 0.25) is 0 Å². The molecule has 1 nitrogen and oxygen atoms in total. The zero-order valence-corrected chi connectivity index (χ0v) is 7.22. The standard InChI is InChI=1S/C7H11N.C2H6/c1-7-3-5-8(2)6-4-7;1-2/h3,5H,1,4,6H2,2H3;1-2H3. The highest BCUT2D eigenvalue weighted by atomic mass is 15.1. The van der Waals surface area contributed by atoms with E-state index in [1.54, 1.807) is 0 Å². The summed E-state index contributed by atoms with van der Waals surface area (Å²) in [6.45, 7) is 8.96. The SMILES string of the molecule is C=C1C=CN(C)CC1.CC. The Hall–Kier alpha value is -0.720. The molecule has 0 saturated heterocycles. The normalized spacial score (nSPS) is 16.3. The van der Waals surface area contributed by atoms with E-state index in [0.29, 0.717) is 0 Å². The van der Waals surface area contributed by atoms with Crippen LogP contribution in [-0.4, -0.2) is 18.5 Å². The van der Waals surface area contributed by atoms with Crippen LogP contribution in [0.25, 0.3) is 0 Å². The van der Waals surface area contributed by atoms with Crippen molar-refractivity contribution in [2.24, 2.45) is 0 Å². The van der Waals surface area contributed by atoms with Crippen molar-refractivity contribution in [2.75, 3.05) is 13.6 Å². The first kappa shape index (κ1) is 9.28. The molecule has 1 aliphatic heterocycles. The lowest BCUT2D eigenvalue weighted by Crippen LogP contribution is -2.15. The Morgan fingerprint density at radius 2 is 2.10 bits per heavy atom. The van der Waals surface area contributed by atoms with Crippen LogP contribution in [0, 0.1) is 0 Å². The van der Waals surface area contributed by atoms with Crippen LogP contribution in [0.5, 0.6) is 0 Å². The minimum absolute atomic E-state index is 1.12. The molecule has 0 aromatic rings. The molecule has 0 bridgehead atoms. The molecule has 1 aliphatic rings. The number of hydrogen-bond acceptors (Lipinski definition) is 1. The van der Waals surface area contributed by atoms with Crippen molar-refractivity contribution in [2.45, 2.75) is 20.3 Å². The molecule has 0 unspecified atom stereocenters. The Balaban J connectivity index is 0.000000371. The van der Waals surface area contributed by atoms with Crippen LogP contribution in [0.15, 0.2) is 24.4 Å². The molecule has 0 aliphatic carbocycles. The zero-order chi connectivity index (χ0) is 7.98. The fourth-order valence-corrected chi connectivity index (χ4v) is 0.710. The molecule has 1 heteroatoms. The maximum atomic E-state index is 3.84. The van der Waals surface area contributed by atoms with Gasteiger partial charge in [-0.2, -0.15) is 0 Å². The van der Waals surface area contributed by atoms with Gasteiger partial charge in [0.15, 0.2) is 0 Å². The third-order valence-electron chi connectivity index (χ3n) is 1.35. The molecule has 58 valence electrons. The third kappa shape index (κ3) is 3.33. The van der Waals surface area contributed by atoms with Crippen LogP contribution < -0.4 is 0 Å². The van der Waals surface area contributed by atoms with Gasteiger partial charge in [-0.25, -0.2) is 0 Å². The van der Waals surface area contributed by atoms with Gasteiger partial charge in [0, 0.05) is 13.6 Å². The molecule has 0 spiro atoms. The minimum atomic E-state index is 1.12. The molecule has 0 aromatic heterocycles. The zero-order valence-electron chi connectivity index (χ0n) is 7.22. The highest BCUT2D eigenvalue weighted by Gasteiger charge is 1.98. The smallest absolute Gasteiger partial charge is 0.0209 e. The lowest BCUT2D eigenvalue weighted by molar-refractivity contribution is 0.449. The molecule has 0 aromatic carbocycles. The Bertz CT molecular complexity index is 125. The van der Waals surface area contributed by atoms with Gasteiger partial charge in [0.1, 0.15) is 0 Å². The van der Waals surface area contributed by atoms with Gasteiger partial charge >= 0.3 is 0 Å². The van der Waals surface area contributed by atoms with Gasteiger partial charge < -0.3 is 4.90 Å². The van der Waals surface area contributed by atoms with Crippen LogP contribution in [0.1, 0.15) is 20.3 Å². The van der Waals surface area contributed by atoms with E-state index in [1.165, 1.54) is 5.57 Å². The molecule has 0 N–H and O–H groups in total. The average Bonchev–Trinajstić information content (AvgIpc) is 2.00. The maximum absolute atomic E-state index is 3.84. The van der Waals surface area contributed by atoms with Gasteiger partial charge in [-0.15, -0.1) is 0 Å². The minimum Gasteiger partial charge on any atom is -0.380 e. The number of nitrogens with zero attached hydrogens (tertiary/aromatic N) is 1. The average molecular weight is 139 g/mol. The van der Waals surface area contributed by atoms with Gasteiger partial charge in [0.25, 0.3) is 0 Å². The van der Waals surface area contributed by atoms with E-state index in [2.05, 4.69) is 30.8 Å². The number of allylic oxidation sites excluding steroid dienone is 1. The number of hydrogen-bond donors (Lipinski definition) is 0. The molecule has 1 heterocycles. The van der Waals surface area contributed by atoms with E-state index in [0.717, 1.165) is 13.0 Å². The second-order valence-electron chi connectivity index (χ2n) is 2.20. The van der Waals surface area contributed by atoms with Gasteiger partial charge in [-0.05, 0) is 18.7 Å². The van der Waals surface area contributed by atoms with Crippen molar-refractivity contribution < 1.29 is 0 Å². The topological polar surface area (TPSA) is 3.24 Å². The highest BCUT2D eigenvalue weighted by Crippen LogP contribution is 2.07. The first-order chi connectivity index (χ1) is 4.79. The summed E-state index contributed by atoms with van der Waals surface area (Å²) in [5, 5.41) is 0. The van der Waals surface area contributed by atoms with Gasteiger partial charge in [-0.1, -0.05) is 26.0 Å². The molecular weight excluding hydrogens is 122 g/mol. The van der Waals surface area contributed by atoms with E-state index >= 15 is 0 Å². The molecule has 0 fully saturated rings. The van der Waals surface area contributed by atoms with E-state index in [4.69, 9.17) is 0 Å². The van der Waals surface area contributed by atoms with Crippen LogP contribution >= 0.6 is 0 Å². The molecule has 0 radical (unpaired) electrons. The van der Waals surface area contributed by atoms with Crippen molar-refractivity contribution in [1.29, 1.82) is 0 Å². The second kappa shape index (κ2) is 5.10. The van der Waals surface area contributed by atoms with Crippen molar-refractivity contribution in [3.05, 3.63) is 24.4 Å². The van der Waals surface area contributed by atoms with Crippen molar-refractivity contribution >= 4 is 0 Å². The van der Waals surface area contributed by atoms with Crippen LogP contribution in [0.2, 0.25) is 0 Å². The summed E-state index contributed by atoms with van der Waals surface area (Å²) < 4.78 is 0. The van der Waals surface area contributed by atoms with Gasteiger partial charge in [0.05, 0.1) is 0 Å². The second-order valence-corrected chi connectivity index (χ2v) is 2.20. The first-order valence-corrected chi connectivity index (χ1v) is 3.85. The summed E-state index contributed by atoms with van der Waals surface area (Å²) >= 11 is 0. The predicted octanol–water partition coefficient (Wildman–Crippen LogP) is 2.42. The van der Waals surface area contributed by atoms with Gasteiger partial charge in [-0.3, -0.25) is 0 Å². The summed E-state index contributed by atoms with van der Waals surface area (Å²) in [5.74, 6) is 0. The van der Waals surface area contributed by atoms with Crippen LogP contribution in [0.3, 0.4) is 0 Å². The summed E-state index contributed by atoms with van der Waals surface area (Å²) in [6, 6.07) is 0. The van der Waals surface area contributed by atoms with E-state index in [1.807, 2.05) is 13.8 Å². The molecule has 1 rings (SSSR count). The van der Waals surface area contributed by atoms with Crippen molar-refractivity contribution in [3.8, 4) is 0 Å². The molecule has 0 amide bonds. The quantitative estimate of drug-likeness (QED) is 0.498. The summed E-state index contributed by atoms with van der Waals surface area (Å²) in [6.07, 6.45) is 5.24. The lowest BCUT2D eigenvalue weighted by atomic mass is 10.1. The van der Waals surface area contributed by atoms with E-state index in [9.17, 15) is 0 Å². The monoisotopic (exact) mass is 139 g/mol. The Morgan fingerprint density at radius 3 is 2.40 bits per heavy atom. The largest absolute Gasteiger partial charge is 0.380 e. The predicted molar refractivity (Wildman–Crippen MR) is 46.9 cm³/mol. The fraction of sp³-hybridized carbons (Fsp3) is 0.556. The summed E-state index contributed by atoms with van der Waals surface area (Å²) in [7, 11) is 2.07. The van der Waals surface area contributed by atoms with Crippen LogP contribution in [-0.2, 0) is 0 Å². The number of rotatable bonds is 0. The maximum Gasteiger partial charge on any atom is 0.0209 e. The van der Waals surface area contributed by atoms with Crippen LogP contribution in [0.4, 0.5) is 0 Å². The lowest BCUT2D eigenvalue weighted by Gasteiger charge is -2.18. The Morgan fingerprint density at radius 1 is 1.50 bits per heavy atom. The molecule has 0 atom stereocenters. The molecule has 0 saturated carbocycles. The Kier molecular flexibility index (Phi) is 4.73. The van der Waals surface area contributed by atoms with E-state index in [-0.39, 0.29) is 0 Å². The van der Waals surface area contributed by atoms with E-state index < -0.39 is 0 Å². The third-order valence-corrected chi connectivity index (χ3v) is 1.35. The summed E-state index contributed by atoms with van der Waals surface area (Å²) in [5.41, 5.74) is 1.24. The Labute approximate surface area is 64.0 Å². The summed E-state index contributed by atoms with van der Waals surface area (Å²) in [4.78, 5) is 2.16.